The lowest BCUT2D eigenvalue weighted by molar-refractivity contribution is 0.526. The van der Waals surface area contributed by atoms with E-state index in [1.165, 1.54) is 47.2 Å². The highest BCUT2D eigenvalue weighted by Crippen LogP contribution is 2.39. The molecule has 0 aromatic heterocycles. The van der Waals surface area contributed by atoms with Gasteiger partial charge in [-0.2, -0.15) is 0 Å². The summed E-state index contributed by atoms with van der Waals surface area (Å²) in [4.78, 5) is 0. The lowest BCUT2D eigenvalue weighted by atomic mass is 9.78. The van der Waals surface area contributed by atoms with Crippen LogP contribution in [0.15, 0.2) is 48.5 Å². The first-order chi connectivity index (χ1) is 10.4. The summed E-state index contributed by atoms with van der Waals surface area (Å²) in [7, 11) is 0. The first kappa shape index (κ1) is 12.9. The van der Waals surface area contributed by atoms with Gasteiger partial charge in [0.1, 0.15) is 0 Å². The summed E-state index contributed by atoms with van der Waals surface area (Å²) in [5.41, 5.74) is 3.19. The summed E-state index contributed by atoms with van der Waals surface area (Å²) in [6.45, 7) is 4.06. The van der Waals surface area contributed by atoms with Gasteiger partial charge in [-0.3, -0.25) is 0 Å². The van der Waals surface area contributed by atoms with E-state index >= 15 is 0 Å². The lowest BCUT2D eigenvalue weighted by Gasteiger charge is -2.27. The highest BCUT2D eigenvalue weighted by Gasteiger charge is 2.21. The molecule has 1 radical (unpaired) electrons. The fourth-order valence-corrected chi connectivity index (χ4v) is 4.06. The van der Waals surface area contributed by atoms with Crippen molar-refractivity contribution in [2.45, 2.75) is 38.0 Å². The summed E-state index contributed by atoms with van der Waals surface area (Å²) >= 11 is 0. The Hall–Kier alpha value is -1.82. The maximum atomic E-state index is 4.06. The highest BCUT2D eigenvalue weighted by atomic mass is 14.3. The second-order valence-electron chi connectivity index (χ2n) is 6.25. The molecule has 1 aliphatic rings. The van der Waals surface area contributed by atoms with E-state index in [0.717, 1.165) is 12.3 Å². The largest absolute Gasteiger partial charge is 0.0616 e. The van der Waals surface area contributed by atoms with Crippen LogP contribution in [0.25, 0.3) is 21.5 Å². The molecule has 0 heterocycles. The highest BCUT2D eigenvalue weighted by molar-refractivity contribution is 6.08. The summed E-state index contributed by atoms with van der Waals surface area (Å²) in [5.74, 6) is 0.724. The van der Waals surface area contributed by atoms with Crippen molar-refractivity contribution in [1.29, 1.82) is 0 Å². The minimum Gasteiger partial charge on any atom is -0.0616 e. The maximum Gasteiger partial charge on any atom is -0.0102 e. The van der Waals surface area contributed by atoms with Crippen molar-refractivity contribution >= 4 is 21.5 Å². The van der Waals surface area contributed by atoms with Crippen molar-refractivity contribution in [2.24, 2.45) is 0 Å². The number of aryl methyl sites for hydroxylation is 1. The molecule has 0 saturated heterocycles. The lowest BCUT2D eigenvalue weighted by Crippen LogP contribution is -2.10. The Labute approximate surface area is 126 Å². The Morgan fingerprint density at radius 3 is 2.67 bits per heavy atom. The van der Waals surface area contributed by atoms with Crippen LogP contribution in [-0.4, -0.2) is 0 Å². The quantitative estimate of drug-likeness (QED) is 0.500. The van der Waals surface area contributed by atoms with E-state index in [0.29, 0.717) is 0 Å². The van der Waals surface area contributed by atoms with Gasteiger partial charge in [0.15, 0.2) is 0 Å². The van der Waals surface area contributed by atoms with Crippen molar-refractivity contribution < 1.29 is 0 Å². The molecule has 0 saturated carbocycles. The molecule has 0 nitrogen and oxygen atoms in total. The van der Waals surface area contributed by atoms with Crippen molar-refractivity contribution in [3.63, 3.8) is 0 Å². The summed E-state index contributed by atoms with van der Waals surface area (Å²) in [5, 5.41) is 5.62. The van der Waals surface area contributed by atoms with Gasteiger partial charge >= 0.3 is 0 Å². The van der Waals surface area contributed by atoms with E-state index in [9.17, 15) is 0 Å². The third-order valence-corrected chi connectivity index (χ3v) is 5.05. The van der Waals surface area contributed by atoms with Crippen LogP contribution < -0.4 is 0 Å². The second kappa shape index (κ2) is 5.18. The van der Waals surface area contributed by atoms with Crippen LogP contribution in [0.1, 0.15) is 42.7 Å². The molecule has 0 bridgehead atoms. The standard InChI is InChI=1S/C21H21/c1-2-6-15-8-5-10-19-18(15)13-14-20-17-9-4-3-7-16(17)11-12-21(19)20/h3-4,7,9,11-15H,1-2,5-6,8,10H2. The average molecular weight is 273 g/mol. The van der Waals surface area contributed by atoms with Crippen LogP contribution in [0.5, 0.6) is 0 Å². The molecule has 1 unspecified atom stereocenters. The molecule has 3 aromatic rings. The fraction of sp³-hybridized carbons (Fsp3) is 0.286. The third kappa shape index (κ3) is 2.05. The molecule has 0 aliphatic heterocycles. The Balaban J connectivity index is 1.99. The molecular weight excluding hydrogens is 252 g/mol. The molecule has 105 valence electrons. The summed E-state index contributed by atoms with van der Waals surface area (Å²) in [6.07, 6.45) is 6.16. The zero-order valence-electron chi connectivity index (χ0n) is 12.4. The van der Waals surface area contributed by atoms with Crippen LogP contribution in [0.2, 0.25) is 0 Å². The molecular formula is C21H21. The second-order valence-corrected chi connectivity index (χ2v) is 6.25. The van der Waals surface area contributed by atoms with E-state index in [4.69, 9.17) is 0 Å². The molecule has 1 atom stereocenters. The van der Waals surface area contributed by atoms with Crippen molar-refractivity contribution in [1.82, 2.24) is 0 Å². The number of benzene rings is 3. The van der Waals surface area contributed by atoms with Crippen molar-refractivity contribution in [2.75, 3.05) is 0 Å². The Kier molecular flexibility index (Phi) is 3.18. The zero-order valence-corrected chi connectivity index (χ0v) is 12.4. The molecule has 1 aliphatic carbocycles. The van der Waals surface area contributed by atoms with Gasteiger partial charge < -0.3 is 0 Å². The van der Waals surface area contributed by atoms with E-state index in [1.807, 2.05) is 0 Å². The van der Waals surface area contributed by atoms with E-state index < -0.39 is 0 Å². The van der Waals surface area contributed by atoms with Gasteiger partial charge in [0.05, 0.1) is 0 Å². The summed E-state index contributed by atoms with van der Waals surface area (Å²) < 4.78 is 0. The van der Waals surface area contributed by atoms with Crippen LogP contribution in [0.3, 0.4) is 0 Å². The first-order valence-corrected chi connectivity index (χ1v) is 8.11. The van der Waals surface area contributed by atoms with Gasteiger partial charge in [-0.1, -0.05) is 61.9 Å². The average Bonchev–Trinajstić information content (AvgIpc) is 2.55. The molecule has 3 aromatic carbocycles. The molecule has 0 amide bonds. The molecule has 0 spiro atoms. The van der Waals surface area contributed by atoms with E-state index in [2.05, 4.69) is 55.5 Å². The van der Waals surface area contributed by atoms with Gasteiger partial charge in [-0.25, -0.2) is 0 Å². The molecule has 0 heteroatoms. The first-order valence-electron chi connectivity index (χ1n) is 8.11. The van der Waals surface area contributed by atoms with Gasteiger partial charge in [-0.05, 0) is 64.3 Å². The third-order valence-electron chi connectivity index (χ3n) is 5.05. The van der Waals surface area contributed by atoms with E-state index in [1.54, 1.807) is 11.1 Å². The molecule has 4 rings (SSSR count). The Bertz CT molecular complexity index is 798. The Morgan fingerprint density at radius 1 is 0.905 bits per heavy atom. The van der Waals surface area contributed by atoms with Gasteiger partial charge in [0.2, 0.25) is 0 Å². The molecule has 21 heavy (non-hydrogen) atoms. The van der Waals surface area contributed by atoms with E-state index in [-0.39, 0.29) is 0 Å². The SMILES string of the molecule is [CH2]CCC1CCCc2c1ccc1c2ccc2ccccc21. The van der Waals surface area contributed by atoms with Crippen molar-refractivity contribution in [3.05, 3.63) is 66.6 Å². The van der Waals surface area contributed by atoms with Gasteiger partial charge in [0, 0.05) is 0 Å². The van der Waals surface area contributed by atoms with Crippen LogP contribution >= 0.6 is 0 Å². The van der Waals surface area contributed by atoms with Crippen LogP contribution in [-0.2, 0) is 6.42 Å². The normalized spacial score (nSPS) is 18.0. The Morgan fingerprint density at radius 2 is 1.76 bits per heavy atom. The predicted octanol–water partition coefficient (Wildman–Crippen LogP) is 6.03. The number of rotatable bonds is 2. The maximum absolute atomic E-state index is 4.06. The number of hydrogen-bond acceptors (Lipinski definition) is 0. The van der Waals surface area contributed by atoms with Gasteiger partial charge in [-0.15, -0.1) is 0 Å². The van der Waals surface area contributed by atoms with Crippen LogP contribution in [0.4, 0.5) is 0 Å². The number of fused-ring (bicyclic) bond motifs is 5. The smallest absolute Gasteiger partial charge is 0.0102 e. The predicted molar refractivity (Wildman–Crippen MR) is 91.7 cm³/mol. The van der Waals surface area contributed by atoms with Crippen LogP contribution in [0, 0.1) is 6.92 Å². The zero-order chi connectivity index (χ0) is 14.2. The summed E-state index contributed by atoms with van der Waals surface area (Å²) in [6, 6.07) is 18.1. The molecule has 0 N–H and O–H groups in total. The van der Waals surface area contributed by atoms with Crippen molar-refractivity contribution in [3.8, 4) is 0 Å². The fourth-order valence-electron chi connectivity index (χ4n) is 4.06. The van der Waals surface area contributed by atoms with Gasteiger partial charge in [0.25, 0.3) is 0 Å². The monoisotopic (exact) mass is 273 g/mol. The number of hydrogen-bond donors (Lipinski definition) is 0. The topological polar surface area (TPSA) is 0 Å². The minimum atomic E-state index is 0.724. The molecule has 0 fully saturated rings. The minimum absolute atomic E-state index is 0.724.